The van der Waals surface area contributed by atoms with E-state index in [0.717, 1.165) is 111 Å². The van der Waals surface area contributed by atoms with Crippen LogP contribution in [0.25, 0.3) is 11.3 Å². The van der Waals surface area contributed by atoms with Crippen molar-refractivity contribution in [3.63, 3.8) is 0 Å². The van der Waals surface area contributed by atoms with Crippen molar-refractivity contribution in [2.45, 2.75) is 44.6 Å². The number of halogens is 1. The molecule has 0 spiro atoms. The topological polar surface area (TPSA) is 51.9 Å². The molecule has 0 saturated carbocycles. The number of fused-ring (bicyclic) bond motifs is 4. The van der Waals surface area contributed by atoms with Crippen molar-refractivity contribution in [1.29, 1.82) is 0 Å². The third-order valence-corrected chi connectivity index (χ3v) is 7.98. The van der Waals surface area contributed by atoms with Gasteiger partial charge in [-0.2, -0.15) is 9.61 Å². The van der Waals surface area contributed by atoms with E-state index in [0.29, 0.717) is 0 Å². The van der Waals surface area contributed by atoms with Gasteiger partial charge in [0.15, 0.2) is 5.65 Å². The average Bonchev–Trinajstić information content (AvgIpc) is 3.28. The van der Waals surface area contributed by atoms with Gasteiger partial charge in [-0.15, -0.1) is 0 Å². The van der Waals surface area contributed by atoms with Crippen LogP contribution in [0.4, 0.5) is 16.0 Å². The van der Waals surface area contributed by atoms with Gasteiger partial charge in [0.25, 0.3) is 0 Å². The van der Waals surface area contributed by atoms with Gasteiger partial charge >= 0.3 is 0 Å². The molecule has 190 valence electrons. The zero-order valence-electron chi connectivity index (χ0n) is 21.2. The fourth-order valence-electron chi connectivity index (χ4n) is 5.75. The van der Waals surface area contributed by atoms with E-state index in [4.69, 9.17) is 10.1 Å². The minimum atomic E-state index is -0.209. The van der Waals surface area contributed by atoms with Crippen LogP contribution in [-0.4, -0.2) is 65.8 Å². The molecular weight excluding hydrogens is 453 g/mol. The molecule has 1 atom stereocenters. The first kappa shape index (κ1) is 23.3. The lowest BCUT2D eigenvalue weighted by Crippen LogP contribution is -2.38. The van der Waals surface area contributed by atoms with E-state index >= 15 is 0 Å². The predicted octanol–water partition coefficient (Wildman–Crippen LogP) is 4.25. The summed E-state index contributed by atoms with van der Waals surface area (Å²) in [6, 6.07) is 9.61. The van der Waals surface area contributed by atoms with E-state index in [1.807, 2.05) is 10.6 Å². The van der Waals surface area contributed by atoms with Crippen LogP contribution in [-0.2, 0) is 6.42 Å². The maximum absolute atomic E-state index is 14.4. The number of benzene rings is 1. The number of aromatic nitrogens is 3. The minimum absolute atomic E-state index is 0.101. The van der Waals surface area contributed by atoms with Crippen molar-refractivity contribution in [3.05, 3.63) is 59.5 Å². The summed E-state index contributed by atoms with van der Waals surface area (Å²) < 4.78 is 16.4. The van der Waals surface area contributed by atoms with Crippen molar-refractivity contribution < 1.29 is 4.39 Å². The molecular formula is C28H36FN7. The molecule has 6 rings (SSSR count). The number of nitrogens with zero attached hydrogens (tertiary/aromatic N) is 6. The number of hydrogen-bond acceptors (Lipinski definition) is 6. The summed E-state index contributed by atoms with van der Waals surface area (Å²) in [6.45, 7) is 10.2. The molecule has 0 amide bonds. The molecule has 0 radical (unpaired) electrons. The van der Waals surface area contributed by atoms with Gasteiger partial charge in [0.1, 0.15) is 17.5 Å². The summed E-state index contributed by atoms with van der Waals surface area (Å²) in [5.41, 5.74) is 4.89. The van der Waals surface area contributed by atoms with Crippen LogP contribution in [0.5, 0.6) is 0 Å². The van der Waals surface area contributed by atoms with E-state index in [1.54, 1.807) is 12.1 Å². The minimum Gasteiger partial charge on any atom is -0.363 e. The van der Waals surface area contributed by atoms with Crippen molar-refractivity contribution in [2.24, 2.45) is 0 Å². The number of piperidine rings is 1. The van der Waals surface area contributed by atoms with Crippen LogP contribution in [0, 0.1) is 5.82 Å². The Balaban J connectivity index is 1.45. The van der Waals surface area contributed by atoms with Gasteiger partial charge in [0.05, 0.1) is 11.7 Å². The summed E-state index contributed by atoms with van der Waals surface area (Å²) in [6.07, 6.45) is 6.35. The maximum atomic E-state index is 14.4. The van der Waals surface area contributed by atoms with Gasteiger partial charge in [-0.25, -0.2) is 9.37 Å². The molecule has 1 N–H and O–H groups in total. The van der Waals surface area contributed by atoms with Crippen molar-refractivity contribution in [2.75, 3.05) is 56.1 Å². The summed E-state index contributed by atoms with van der Waals surface area (Å²) >= 11 is 0. The Morgan fingerprint density at radius 3 is 2.72 bits per heavy atom. The molecule has 1 aromatic carbocycles. The number of anilines is 2. The summed E-state index contributed by atoms with van der Waals surface area (Å²) in [4.78, 5) is 12.0. The molecule has 2 aromatic heterocycles. The summed E-state index contributed by atoms with van der Waals surface area (Å²) in [7, 11) is 2.14. The molecule has 8 heteroatoms. The number of nitrogens with one attached hydrogen (secondary N) is 1. The molecule has 3 aliphatic heterocycles. The van der Waals surface area contributed by atoms with Crippen molar-refractivity contribution >= 4 is 23.0 Å². The Bertz CT molecular complexity index is 1260. The zero-order valence-corrected chi connectivity index (χ0v) is 21.2. The molecule has 0 aliphatic carbocycles. The Labute approximate surface area is 212 Å². The molecule has 2 bridgehead atoms. The predicted molar refractivity (Wildman–Crippen MR) is 143 cm³/mol. The van der Waals surface area contributed by atoms with E-state index in [1.165, 1.54) is 6.42 Å². The monoisotopic (exact) mass is 489 g/mol. The van der Waals surface area contributed by atoms with Crippen molar-refractivity contribution in [1.82, 2.24) is 24.8 Å². The van der Waals surface area contributed by atoms with E-state index in [2.05, 4.69) is 45.8 Å². The number of hydrogen-bond donors (Lipinski definition) is 1. The third kappa shape index (κ3) is 4.32. The second kappa shape index (κ2) is 9.73. The Morgan fingerprint density at radius 2 is 1.89 bits per heavy atom. The maximum Gasteiger partial charge on any atom is 0.160 e. The molecule has 1 unspecified atom stereocenters. The van der Waals surface area contributed by atoms with Gasteiger partial charge in [0, 0.05) is 63.2 Å². The van der Waals surface area contributed by atoms with E-state index < -0.39 is 0 Å². The highest BCUT2D eigenvalue weighted by Crippen LogP contribution is 2.38. The molecule has 3 aromatic rings. The number of aryl methyl sites for hydroxylation is 1. The van der Waals surface area contributed by atoms with Crippen LogP contribution in [0.1, 0.15) is 55.0 Å². The van der Waals surface area contributed by atoms with Gasteiger partial charge in [-0.05, 0) is 62.8 Å². The van der Waals surface area contributed by atoms with Crippen molar-refractivity contribution in [3.8, 4) is 0 Å². The Morgan fingerprint density at radius 1 is 1.00 bits per heavy atom. The lowest BCUT2D eigenvalue weighted by molar-refractivity contribution is 0.226. The SMILES string of the molecule is C=C1c2cc(F)ccc2CCCNCCN(C)c2cc(N3CCC3)nc3cc(nn23)C2CCCCN12. The molecule has 7 nitrogen and oxygen atoms in total. The molecule has 36 heavy (non-hydrogen) atoms. The molecule has 2 saturated heterocycles. The first-order valence-electron chi connectivity index (χ1n) is 13.4. The number of rotatable bonds is 1. The molecule has 5 heterocycles. The van der Waals surface area contributed by atoms with Crippen LogP contribution in [0.3, 0.4) is 0 Å². The fraction of sp³-hybridized carbons (Fsp3) is 0.500. The van der Waals surface area contributed by atoms with Gasteiger partial charge in [-0.3, -0.25) is 0 Å². The molecule has 3 aliphatic rings. The largest absolute Gasteiger partial charge is 0.363 e. The third-order valence-electron chi connectivity index (χ3n) is 7.98. The van der Waals surface area contributed by atoms with Crippen LogP contribution >= 0.6 is 0 Å². The average molecular weight is 490 g/mol. The summed E-state index contributed by atoms with van der Waals surface area (Å²) in [5.74, 6) is 1.89. The smallest absolute Gasteiger partial charge is 0.160 e. The zero-order chi connectivity index (χ0) is 24.6. The number of likely N-dealkylation sites (N-methyl/N-ethyl adjacent to an activating group) is 1. The first-order valence-corrected chi connectivity index (χ1v) is 13.4. The van der Waals surface area contributed by atoms with Gasteiger partial charge in [-0.1, -0.05) is 12.6 Å². The van der Waals surface area contributed by atoms with Crippen LogP contribution < -0.4 is 15.1 Å². The second-order valence-corrected chi connectivity index (χ2v) is 10.4. The quantitative estimate of drug-likeness (QED) is 0.552. The summed E-state index contributed by atoms with van der Waals surface area (Å²) in [5, 5.41) is 8.71. The Hall–Kier alpha value is -3.13. The fourth-order valence-corrected chi connectivity index (χ4v) is 5.75. The molecule has 2 fully saturated rings. The second-order valence-electron chi connectivity index (χ2n) is 10.4. The lowest BCUT2D eigenvalue weighted by Gasteiger charge is -2.38. The first-order chi connectivity index (χ1) is 17.6. The highest BCUT2D eigenvalue weighted by Gasteiger charge is 2.30. The lowest BCUT2D eigenvalue weighted by atomic mass is 9.94. The standard InChI is InChI=1S/C28H36FN7/c1-20-23-17-22(29)10-9-21(23)7-5-11-30-12-16-33(2)28-19-26(34-13-6-14-34)31-27-18-24(32-36(27)28)25-8-3-4-15-35(20)25/h9-10,17-19,25,30H,1,3-8,11-16H2,2H3. The van der Waals surface area contributed by atoms with Crippen LogP contribution in [0.2, 0.25) is 0 Å². The highest BCUT2D eigenvalue weighted by atomic mass is 19.1. The highest BCUT2D eigenvalue weighted by molar-refractivity contribution is 5.66. The van der Waals surface area contributed by atoms with Gasteiger partial charge in [0.2, 0.25) is 0 Å². The van der Waals surface area contributed by atoms with Crippen LogP contribution in [0.15, 0.2) is 36.9 Å². The van der Waals surface area contributed by atoms with E-state index in [9.17, 15) is 4.39 Å². The van der Waals surface area contributed by atoms with Gasteiger partial charge < -0.3 is 20.0 Å². The van der Waals surface area contributed by atoms with E-state index in [-0.39, 0.29) is 11.9 Å². The normalized spacial score (nSPS) is 21.4. The Kier molecular flexibility index (Phi) is 6.29.